The van der Waals surface area contributed by atoms with Gasteiger partial charge in [-0.05, 0) is 19.8 Å². The highest BCUT2D eigenvalue weighted by molar-refractivity contribution is 5.80. The van der Waals surface area contributed by atoms with Gasteiger partial charge in [0.05, 0.1) is 19.7 Å². The van der Waals surface area contributed by atoms with Crippen molar-refractivity contribution in [2.45, 2.75) is 59.2 Å². The Labute approximate surface area is 150 Å². The highest BCUT2D eigenvalue weighted by atomic mass is 16.5. The van der Waals surface area contributed by atoms with Crippen LogP contribution < -0.4 is 10.6 Å². The molecule has 0 bridgehead atoms. The van der Waals surface area contributed by atoms with Gasteiger partial charge in [-0.25, -0.2) is 9.67 Å². The lowest BCUT2D eigenvalue weighted by atomic mass is 9.89. The SMILES string of the molecule is CCNC(=NCC(C)(CC)CO)NC1CCc2nc(COC)nn2C1. The van der Waals surface area contributed by atoms with Gasteiger partial charge < -0.3 is 20.5 Å². The molecule has 0 saturated carbocycles. The number of aryl methyl sites for hydroxylation is 1. The summed E-state index contributed by atoms with van der Waals surface area (Å²) in [5.74, 6) is 2.55. The number of guanidine groups is 1. The molecular formula is C17H32N6O2. The van der Waals surface area contributed by atoms with Gasteiger partial charge in [-0.1, -0.05) is 13.8 Å². The van der Waals surface area contributed by atoms with Crippen LogP contribution >= 0.6 is 0 Å². The number of aliphatic imine (C=N–C) groups is 1. The van der Waals surface area contributed by atoms with Gasteiger partial charge in [0.1, 0.15) is 12.4 Å². The predicted molar refractivity (Wildman–Crippen MR) is 97.4 cm³/mol. The highest BCUT2D eigenvalue weighted by Gasteiger charge is 2.24. The minimum Gasteiger partial charge on any atom is -0.396 e. The molecule has 2 atom stereocenters. The van der Waals surface area contributed by atoms with Gasteiger partial charge in [0.2, 0.25) is 0 Å². The van der Waals surface area contributed by atoms with Gasteiger partial charge in [-0.3, -0.25) is 4.99 Å². The second-order valence-corrected chi connectivity index (χ2v) is 6.96. The van der Waals surface area contributed by atoms with E-state index in [1.54, 1.807) is 7.11 Å². The van der Waals surface area contributed by atoms with Crippen LogP contribution in [0.1, 0.15) is 45.3 Å². The molecule has 3 N–H and O–H groups in total. The Morgan fingerprint density at radius 1 is 1.48 bits per heavy atom. The Hall–Kier alpha value is -1.67. The number of nitrogens with one attached hydrogen (secondary N) is 2. The molecule has 1 aliphatic rings. The van der Waals surface area contributed by atoms with Crippen LogP contribution in [0.4, 0.5) is 0 Å². The first-order chi connectivity index (χ1) is 12.0. The number of aliphatic hydroxyl groups excluding tert-OH is 1. The van der Waals surface area contributed by atoms with Gasteiger partial charge in [-0.2, -0.15) is 5.10 Å². The molecular weight excluding hydrogens is 320 g/mol. The minimum absolute atomic E-state index is 0.139. The third kappa shape index (κ3) is 5.40. The van der Waals surface area contributed by atoms with Crippen LogP contribution in [0.2, 0.25) is 0 Å². The number of fused-ring (bicyclic) bond motifs is 1. The first-order valence-electron chi connectivity index (χ1n) is 9.10. The van der Waals surface area contributed by atoms with Crippen LogP contribution in [0, 0.1) is 5.41 Å². The summed E-state index contributed by atoms with van der Waals surface area (Å²) >= 11 is 0. The molecule has 8 nitrogen and oxygen atoms in total. The van der Waals surface area contributed by atoms with Crippen LogP contribution in [0.25, 0.3) is 0 Å². The molecule has 8 heteroatoms. The summed E-state index contributed by atoms with van der Waals surface area (Å²) in [5, 5.41) is 20.9. The molecule has 25 heavy (non-hydrogen) atoms. The van der Waals surface area contributed by atoms with Crippen molar-refractivity contribution in [3.63, 3.8) is 0 Å². The second kappa shape index (κ2) is 9.15. The number of aliphatic hydroxyl groups is 1. The van der Waals surface area contributed by atoms with Crippen molar-refractivity contribution in [2.24, 2.45) is 10.4 Å². The van der Waals surface area contributed by atoms with Crippen molar-refractivity contribution < 1.29 is 9.84 Å². The molecule has 0 fully saturated rings. The maximum absolute atomic E-state index is 9.57. The lowest BCUT2D eigenvalue weighted by molar-refractivity contribution is 0.145. The van der Waals surface area contributed by atoms with E-state index in [1.165, 1.54) is 0 Å². The smallest absolute Gasteiger partial charge is 0.191 e. The summed E-state index contributed by atoms with van der Waals surface area (Å²) in [6, 6.07) is 0.254. The van der Waals surface area contributed by atoms with E-state index in [-0.39, 0.29) is 18.1 Å². The summed E-state index contributed by atoms with van der Waals surface area (Å²) in [6.07, 6.45) is 2.76. The quantitative estimate of drug-likeness (QED) is 0.471. The molecule has 0 amide bonds. The van der Waals surface area contributed by atoms with Gasteiger partial charge in [0.25, 0.3) is 0 Å². The fraction of sp³-hybridized carbons (Fsp3) is 0.824. The van der Waals surface area contributed by atoms with E-state index in [0.29, 0.717) is 13.2 Å². The Morgan fingerprint density at radius 2 is 2.28 bits per heavy atom. The standard InChI is InChI=1S/C17H32N6O2/c1-5-17(3,12-24)11-19-16(18-6-2)20-13-7-8-15-21-14(10-25-4)22-23(15)9-13/h13,24H,5-12H2,1-4H3,(H2,18,19,20). The molecule has 2 rings (SSSR count). The Morgan fingerprint density at radius 3 is 2.92 bits per heavy atom. The van der Waals surface area contributed by atoms with E-state index >= 15 is 0 Å². The maximum atomic E-state index is 9.57. The molecule has 142 valence electrons. The molecule has 0 aliphatic carbocycles. The number of ether oxygens (including phenoxy) is 1. The molecule has 0 spiro atoms. The van der Waals surface area contributed by atoms with Crippen molar-refractivity contribution in [3.8, 4) is 0 Å². The van der Waals surface area contributed by atoms with E-state index in [1.807, 2.05) is 4.68 Å². The minimum atomic E-state index is -0.178. The summed E-state index contributed by atoms with van der Waals surface area (Å²) in [6.45, 7) is 8.93. The number of nitrogens with zero attached hydrogens (tertiary/aromatic N) is 4. The van der Waals surface area contributed by atoms with E-state index in [9.17, 15) is 5.11 Å². The monoisotopic (exact) mass is 352 g/mol. The third-order valence-corrected chi connectivity index (χ3v) is 4.71. The number of aromatic nitrogens is 3. The molecule has 1 aliphatic heterocycles. The number of rotatable bonds is 8. The van der Waals surface area contributed by atoms with E-state index in [4.69, 9.17) is 4.74 Å². The summed E-state index contributed by atoms with van der Waals surface area (Å²) in [4.78, 5) is 9.19. The zero-order chi connectivity index (χ0) is 18.3. The summed E-state index contributed by atoms with van der Waals surface area (Å²) in [5.41, 5.74) is -0.178. The van der Waals surface area contributed by atoms with Gasteiger partial charge in [0, 0.05) is 31.5 Å². The Kier molecular flexibility index (Phi) is 7.19. The Bertz CT molecular complexity index is 567. The maximum Gasteiger partial charge on any atom is 0.191 e. The lowest BCUT2D eigenvalue weighted by Crippen LogP contribution is -2.47. The van der Waals surface area contributed by atoms with Crippen LogP contribution in [0.3, 0.4) is 0 Å². The predicted octanol–water partition coefficient (Wildman–Crippen LogP) is 0.703. The van der Waals surface area contributed by atoms with Gasteiger partial charge in [-0.15, -0.1) is 0 Å². The van der Waals surface area contributed by atoms with Crippen LogP contribution in [0.5, 0.6) is 0 Å². The Balaban J connectivity index is 1.99. The van der Waals surface area contributed by atoms with Crippen molar-refractivity contribution in [3.05, 3.63) is 11.6 Å². The topological polar surface area (TPSA) is 96.6 Å². The van der Waals surface area contributed by atoms with Gasteiger partial charge >= 0.3 is 0 Å². The van der Waals surface area contributed by atoms with Gasteiger partial charge in [0.15, 0.2) is 11.8 Å². The summed E-state index contributed by atoms with van der Waals surface area (Å²) < 4.78 is 7.07. The average molecular weight is 352 g/mol. The molecule has 0 aromatic carbocycles. The largest absolute Gasteiger partial charge is 0.396 e. The highest BCUT2D eigenvalue weighted by Crippen LogP contribution is 2.20. The average Bonchev–Trinajstić information content (AvgIpc) is 3.01. The molecule has 1 aromatic heterocycles. The van der Waals surface area contributed by atoms with Crippen LogP contribution in [0.15, 0.2) is 4.99 Å². The van der Waals surface area contributed by atoms with Crippen molar-refractivity contribution in [1.29, 1.82) is 0 Å². The van der Waals surface area contributed by atoms with E-state index in [2.05, 4.69) is 46.5 Å². The summed E-state index contributed by atoms with van der Waals surface area (Å²) in [7, 11) is 1.65. The first kappa shape index (κ1) is 19.7. The van der Waals surface area contributed by atoms with Crippen molar-refractivity contribution in [2.75, 3.05) is 26.8 Å². The molecule has 1 aromatic rings. The third-order valence-electron chi connectivity index (χ3n) is 4.71. The van der Waals surface area contributed by atoms with Crippen LogP contribution in [-0.2, 0) is 24.3 Å². The normalized spacial score (nSPS) is 20.0. The van der Waals surface area contributed by atoms with Crippen LogP contribution in [-0.4, -0.2) is 58.7 Å². The van der Waals surface area contributed by atoms with Crippen molar-refractivity contribution in [1.82, 2.24) is 25.4 Å². The number of hydrogen-bond acceptors (Lipinski definition) is 5. The zero-order valence-corrected chi connectivity index (χ0v) is 15.9. The molecule has 0 saturated heterocycles. The van der Waals surface area contributed by atoms with E-state index < -0.39 is 0 Å². The fourth-order valence-corrected chi connectivity index (χ4v) is 2.73. The fourth-order valence-electron chi connectivity index (χ4n) is 2.73. The second-order valence-electron chi connectivity index (χ2n) is 6.96. The molecule has 2 heterocycles. The van der Waals surface area contributed by atoms with E-state index in [0.717, 1.165) is 50.0 Å². The number of hydrogen-bond donors (Lipinski definition) is 3. The molecule has 0 radical (unpaired) electrons. The molecule has 2 unspecified atom stereocenters. The lowest BCUT2D eigenvalue weighted by Gasteiger charge is -2.27. The van der Waals surface area contributed by atoms with Crippen molar-refractivity contribution >= 4 is 5.96 Å². The zero-order valence-electron chi connectivity index (χ0n) is 15.9. The number of methoxy groups -OCH3 is 1. The first-order valence-corrected chi connectivity index (χ1v) is 9.10.